The molecule has 1 unspecified atom stereocenters. The molecular weight excluding hydrogens is 253 g/mol. The summed E-state index contributed by atoms with van der Waals surface area (Å²) in [4.78, 5) is 2.24. The first-order valence-corrected chi connectivity index (χ1v) is 6.53. The zero-order valence-electron chi connectivity index (χ0n) is 11.4. The molecule has 0 heterocycles. The molecule has 0 aliphatic heterocycles. The van der Waals surface area contributed by atoms with Crippen LogP contribution in [0, 0.1) is 0 Å². The van der Waals surface area contributed by atoms with Crippen molar-refractivity contribution in [2.45, 2.75) is 32.5 Å². The Morgan fingerprint density at radius 3 is 2.05 bits per heavy atom. The van der Waals surface area contributed by atoms with Crippen molar-refractivity contribution in [2.75, 3.05) is 19.6 Å². The smallest absolute Gasteiger partial charge is 0.324 e. The SMILES string of the molecule is CCN(CC)CCC(N)c1ccc(C(F)(F)F)cc1. The average molecular weight is 274 g/mol. The largest absolute Gasteiger partial charge is 0.416 e. The maximum absolute atomic E-state index is 12.4. The molecule has 0 amide bonds. The van der Waals surface area contributed by atoms with Gasteiger partial charge in [0.25, 0.3) is 0 Å². The molecule has 5 heteroatoms. The molecule has 108 valence electrons. The highest BCUT2D eigenvalue weighted by atomic mass is 19.4. The van der Waals surface area contributed by atoms with Crippen LogP contribution in [0.3, 0.4) is 0 Å². The fourth-order valence-corrected chi connectivity index (χ4v) is 1.95. The van der Waals surface area contributed by atoms with E-state index in [-0.39, 0.29) is 6.04 Å². The Morgan fingerprint density at radius 2 is 1.63 bits per heavy atom. The van der Waals surface area contributed by atoms with Gasteiger partial charge in [0, 0.05) is 6.04 Å². The summed E-state index contributed by atoms with van der Waals surface area (Å²) in [5.41, 5.74) is 6.12. The van der Waals surface area contributed by atoms with Gasteiger partial charge in [-0.2, -0.15) is 13.2 Å². The first-order valence-electron chi connectivity index (χ1n) is 6.53. The van der Waals surface area contributed by atoms with Crippen LogP contribution in [0.25, 0.3) is 0 Å². The Morgan fingerprint density at radius 1 is 1.11 bits per heavy atom. The summed E-state index contributed by atoms with van der Waals surface area (Å²) in [6.45, 7) is 6.92. The second-order valence-corrected chi connectivity index (χ2v) is 4.54. The van der Waals surface area contributed by atoms with Crippen LogP contribution in [-0.2, 0) is 6.18 Å². The van der Waals surface area contributed by atoms with Gasteiger partial charge < -0.3 is 10.6 Å². The summed E-state index contributed by atoms with van der Waals surface area (Å²) in [6.07, 6.45) is -3.54. The van der Waals surface area contributed by atoms with E-state index >= 15 is 0 Å². The summed E-state index contributed by atoms with van der Waals surface area (Å²) >= 11 is 0. The second-order valence-electron chi connectivity index (χ2n) is 4.54. The van der Waals surface area contributed by atoms with Crippen molar-refractivity contribution in [1.82, 2.24) is 4.90 Å². The quantitative estimate of drug-likeness (QED) is 0.861. The van der Waals surface area contributed by atoms with E-state index in [2.05, 4.69) is 18.7 Å². The van der Waals surface area contributed by atoms with Gasteiger partial charge in [0.2, 0.25) is 0 Å². The maximum atomic E-state index is 12.4. The molecule has 1 rings (SSSR count). The van der Waals surface area contributed by atoms with Crippen molar-refractivity contribution in [2.24, 2.45) is 5.73 Å². The lowest BCUT2D eigenvalue weighted by molar-refractivity contribution is -0.137. The normalized spacial score (nSPS) is 13.8. The molecule has 1 atom stereocenters. The fraction of sp³-hybridized carbons (Fsp3) is 0.571. The van der Waals surface area contributed by atoms with Crippen LogP contribution in [-0.4, -0.2) is 24.5 Å². The van der Waals surface area contributed by atoms with Crippen molar-refractivity contribution in [3.05, 3.63) is 35.4 Å². The summed E-state index contributed by atoms with van der Waals surface area (Å²) in [5.74, 6) is 0. The Kier molecular flexibility index (Phi) is 5.82. The molecule has 0 saturated carbocycles. The van der Waals surface area contributed by atoms with Crippen LogP contribution in [0.4, 0.5) is 13.2 Å². The van der Waals surface area contributed by atoms with E-state index in [0.717, 1.165) is 43.8 Å². The summed E-state index contributed by atoms with van der Waals surface area (Å²) < 4.78 is 37.3. The van der Waals surface area contributed by atoms with Gasteiger partial charge in [0.1, 0.15) is 0 Å². The van der Waals surface area contributed by atoms with E-state index in [1.807, 2.05) is 0 Å². The lowest BCUT2D eigenvalue weighted by atomic mass is 10.0. The first-order chi connectivity index (χ1) is 8.88. The number of hydrogen-bond donors (Lipinski definition) is 1. The van der Waals surface area contributed by atoms with Crippen molar-refractivity contribution in [1.29, 1.82) is 0 Å². The molecule has 1 aromatic carbocycles. The Balaban J connectivity index is 2.60. The summed E-state index contributed by atoms with van der Waals surface area (Å²) in [5, 5.41) is 0. The van der Waals surface area contributed by atoms with E-state index in [1.54, 1.807) is 0 Å². The van der Waals surface area contributed by atoms with E-state index in [9.17, 15) is 13.2 Å². The van der Waals surface area contributed by atoms with Gasteiger partial charge in [-0.25, -0.2) is 0 Å². The van der Waals surface area contributed by atoms with E-state index < -0.39 is 11.7 Å². The van der Waals surface area contributed by atoms with E-state index in [1.165, 1.54) is 12.1 Å². The topological polar surface area (TPSA) is 29.3 Å². The Labute approximate surface area is 112 Å². The number of rotatable bonds is 6. The second kappa shape index (κ2) is 6.91. The van der Waals surface area contributed by atoms with E-state index in [4.69, 9.17) is 5.73 Å². The third kappa shape index (κ3) is 4.84. The van der Waals surface area contributed by atoms with Crippen LogP contribution in [0.2, 0.25) is 0 Å². The highest BCUT2D eigenvalue weighted by molar-refractivity contribution is 5.26. The number of nitrogens with two attached hydrogens (primary N) is 1. The van der Waals surface area contributed by atoms with Gasteiger partial charge in [-0.05, 0) is 43.8 Å². The number of nitrogens with zero attached hydrogens (tertiary/aromatic N) is 1. The molecule has 0 fully saturated rings. The third-order valence-corrected chi connectivity index (χ3v) is 3.32. The van der Waals surface area contributed by atoms with Crippen LogP contribution in [0.1, 0.15) is 37.4 Å². The van der Waals surface area contributed by atoms with Gasteiger partial charge in [0.05, 0.1) is 5.56 Å². The van der Waals surface area contributed by atoms with Crippen LogP contribution < -0.4 is 5.73 Å². The summed E-state index contributed by atoms with van der Waals surface area (Å²) in [7, 11) is 0. The minimum absolute atomic E-state index is 0.220. The lowest BCUT2D eigenvalue weighted by Crippen LogP contribution is -2.27. The Bertz CT molecular complexity index is 369. The number of alkyl halides is 3. The third-order valence-electron chi connectivity index (χ3n) is 3.32. The van der Waals surface area contributed by atoms with Crippen LogP contribution in [0.5, 0.6) is 0 Å². The van der Waals surface area contributed by atoms with Gasteiger partial charge in [-0.15, -0.1) is 0 Å². The van der Waals surface area contributed by atoms with Gasteiger partial charge in [-0.3, -0.25) is 0 Å². The zero-order chi connectivity index (χ0) is 14.5. The van der Waals surface area contributed by atoms with Crippen molar-refractivity contribution < 1.29 is 13.2 Å². The molecule has 0 saturated heterocycles. The molecule has 19 heavy (non-hydrogen) atoms. The molecule has 2 N–H and O–H groups in total. The molecule has 0 bridgehead atoms. The first kappa shape index (κ1) is 16.0. The number of benzene rings is 1. The number of hydrogen-bond acceptors (Lipinski definition) is 2. The molecule has 0 aliphatic rings. The molecule has 0 aliphatic carbocycles. The van der Waals surface area contributed by atoms with Crippen molar-refractivity contribution in [3.8, 4) is 0 Å². The predicted octanol–water partition coefficient (Wildman–Crippen LogP) is 3.44. The maximum Gasteiger partial charge on any atom is 0.416 e. The monoisotopic (exact) mass is 274 g/mol. The average Bonchev–Trinajstić information content (AvgIpc) is 2.39. The fourth-order valence-electron chi connectivity index (χ4n) is 1.95. The molecular formula is C14H21F3N2. The minimum Gasteiger partial charge on any atom is -0.324 e. The van der Waals surface area contributed by atoms with Crippen LogP contribution >= 0.6 is 0 Å². The minimum atomic E-state index is -4.29. The predicted molar refractivity (Wildman–Crippen MR) is 70.8 cm³/mol. The van der Waals surface area contributed by atoms with Crippen LogP contribution in [0.15, 0.2) is 24.3 Å². The van der Waals surface area contributed by atoms with Crippen molar-refractivity contribution in [3.63, 3.8) is 0 Å². The highest BCUT2D eigenvalue weighted by Gasteiger charge is 2.30. The zero-order valence-corrected chi connectivity index (χ0v) is 11.4. The van der Waals surface area contributed by atoms with E-state index in [0.29, 0.717) is 0 Å². The Hall–Kier alpha value is -1.07. The molecule has 0 spiro atoms. The van der Waals surface area contributed by atoms with Gasteiger partial charge >= 0.3 is 6.18 Å². The lowest BCUT2D eigenvalue weighted by Gasteiger charge is -2.21. The molecule has 1 aromatic rings. The van der Waals surface area contributed by atoms with Gasteiger partial charge in [-0.1, -0.05) is 26.0 Å². The standard InChI is InChI=1S/C14H21F3N2/c1-3-19(4-2)10-9-13(18)11-5-7-12(8-6-11)14(15,16)17/h5-8,13H,3-4,9-10,18H2,1-2H3. The van der Waals surface area contributed by atoms with Gasteiger partial charge in [0.15, 0.2) is 0 Å². The molecule has 0 radical (unpaired) electrons. The molecule has 2 nitrogen and oxygen atoms in total. The molecule has 0 aromatic heterocycles. The summed E-state index contributed by atoms with van der Waals surface area (Å²) in [6, 6.07) is 4.90. The van der Waals surface area contributed by atoms with Crippen molar-refractivity contribution >= 4 is 0 Å². The number of halogens is 3. The highest BCUT2D eigenvalue weighted by Crippen LogP contribution is 2.29.